The predicted octanol–water partition coefficient (Wildman–Crippen LogP) is 12.4. The molecule has 0 amide bonds. The van der Waals surface area contributed by atoms with Gasteiger partial charge in [0.05, 0.1) is 0 Å². The minimum atomic E-state index is 0.314. The molecule has 2 unspecified atom stereocenters. The molecule has 10 rings (SSSR count). The maximum atomic E-state index is 4.73. The van der Waals surface area contributed by atoms with Crippen molar-refractivity contribution in [3.05, 3.63) is 197 Å². The van der Waals surface area contributed by atoms with Crippen LogP contribution in [0, 0.1) is 0 Å². The van der Waals surface area contributed by atoms with Crippen LogP contribution in [0.2, 0.25) is 0 Å². The molecular formula is C55H46N2. The molecule has 0 bridgehead atoms. The van der Waals surface area contributed by atoms with Crippen LogP contribution >= 0.6 is 0 Å². The molecule has 0 radical (unpaired) electrons. The van der Waals surface area contributed by atoms with Crippen molar-refractivity contribution >= 4 is 34.3 Å². The highest BCUT2D eigenvalue weighted by Crippen LogP contribution is 2.39. The molecule has 6 aromatic carbocycles. The van der Waals surface area contributed by atoms with Gasteiger partial charge in [-0.15, -0.1) is 0 Å². The summed E-state index contributed by atoms with van der Waals surface area (Å²) in [6.07, 6.45) is 29.7. The molecule has 2 heterocycles. The Labute approximate surface area is 336 Å². The quantitative estimate of drug-likeness (QED) is 0.174. The monoisotopic (exact) mass is 734 g/mol. The highest BCUT2D eigenvalue weighted by Gasteiger charge is 2.19. The molecule has 4 aliphatic rings. The van der Waals surface area contributed by atoms with Crippen molar-refractivity contribution in [1.29, 1.82) is 0 Å². The first-order valence-electron chi connectivity index (χ1n) is 20.6. The van der Waals surface area contributed by atoms with Gasteiger partial charge in [-0.2, -0.15) is 0 Å². The van der Waals surface area contributed by atoms with E-state index in [-0.39, 0.29) is 0 Å². The predicted molar refractivity (Wildman–Crippen MR) is 243 cm³/mol. The van der Waals surface area contributed by atoms with E-state index in [1.165, 1.54) is 93.8 Å². The van der Waals surface area contributed by atoms with Crippen LogP contribution < -0.4 is 15.8 Å². The van der Waals surface area contributed by atoms with E-state index in [1.807, 2.05) is 6.20 Å². The molecule has 276 valence electrons. The SMILES string of the molecule is CC1C=CC=C(c2ccc(-c3c4c(c(-c5ccc(C6=NC=CCC6)cc5)c5cc(-c6cc(-c7ccccc7)cc(C7C=CC=CC7)c6)ccc35)=CCCC=4)cc2)N1. The fourth-order valence-electron chi connectivity index (χ4n) is 9.07. The van der Waals surface area contributed by atoms with Crippen LogP contribution in [0.15, 0.2) is 175 Å². The molecule has 2 aliphatic heterocycles. The Morgan fingerprint density at radius 1 is 0.544 bits per heavy atom. The van der Waals surface area contributed by atoms with Crippen LogP contribution in [0.4, 0.5) is 0 Å². The average Bonchev–Trinajstić information content (AvgIpc) is 3.29. The Hall–Kier alpha value is -6.51. The standard InChI is InChI=1S/C55H46N2/c1-37-13-12-21-53(57-37)41-24-28-42(29-25-41)54-48-18-8-9-19-49(48)55(43-26-22-40(23-27-43)52-20-10-11-32-56-52)51-36-44(30-31-50(51)54)47-34-45(38-14-4-2-5-15-38)33-46(35-47)39-16-6-3-7-17-39/h2-7,11-16,18-19,21-37,39,57H,8-10,17,20H2,1H3. The first kappa shape index (κ1) is 34.9. The minimum absolute atomic E-state index is 0.314. The second-order valence-electron chi connectivity index (χ2n) is 15.7. The largest absolute Gasteiger partial charge is 0.379 e. The molecule has 0 saturated carbocycles. The number of hydrogen-bond donors (Lipinski definition) is 1. The van der Waals surface area contributed by atoms with Gasteiger partial charge in [-0.25, -0.2) is 0 Å². The third-order valence-electron chi connectivity index (χ3n) is 12.0. The zero-order valence-electron chi connectivity index (χ0n) is 32.5. The molecule has 2 nitrogen and oxygen atoms in total. The molecule has 2 aliphatic carbocycles. The Bertz CT molecular complexity index is 2830. The van der Waals surface area contributed by atoms with Crippen molar-refractivity contribution in [2.24, 2.45) is 4.99 Å². The van der Waals surface area contributed by atoms with Gasteiger partial charge < -0.3 is 5.32 Å². The summed E-state index contributed by atoms with van der Waals surface area (Å²) < 4.78 is 0. The van der Waals surface area contributed by atoms with Crippen LogP contribution in [0.3, 0.4) is 0 Å². The van der Waals surface area contributed by atoms with E-state index in [1.54, 1.807) is 0 Å². The van der Waals surface area contributed by atoms with Crippen LogP contribution in [0.25, 0.3) is 73.1 Å². The van der Waals surface area contributed by atoms with Crippen molar-refractivity contribution in [2.75, 3.05) is 0 Å². The number of benzene rings is 6. The molecule has 57 heavy (non-hydrogen) atoms. The smallest absolute Gasteiger partial charge is 0.0478 e. The van der Waals surface area contributed by atoms with Gasteiger partial charge in [-0.3, -0.25) is 4.99 Å². The number of fused-ring (bicyclic) bond motifs is 2. The van der Waals surface area contributed by atoms with Crippen LogP contribution in [-0.4, -0.2) is 11.8 Å². The lowest BCUT2D eigenvalue weighted by atomic mass is 9.83. The third kappa shape index (κ3) is 6.87. The minimum Gasteiger partial charge on any atom is -0.379 e. The molecule has 0 saturated heterocycles. The van der Waals surface area contributed by atoms with E-state index >= 15 is 0 Å². The lowest BCUT2D eigenvalue weighted by molar-refractivity contribution is 0.778. The van der Waals surface area contributed by atoms with Crippen molar-refractivity contribution in [3.63, 3.8) is 0 Å². The van der Waals surface area contributed by atoms with Crippen LogP contribution in [-0.2, 0) is 0 Å². The van der Waals surface area contributed by atoms with Gasteiger partial charge in [0.1, 0.15) is 0 Å². The first-order chi connectivity index (χ1) is 28.2. The maximum absolute atomic E-state index is 4.73. The van der Waals surface area contributed by atoms with Gasteiger partial charge in [-0.1, -0.05) is 158 Å². The Morgan fingerprint density at radius 2 is 1.23 bits per heavy atom. The summed E-state index contributed by atoms with van der Waals surface area (Å²) in [5.74, 6) is 0.349. The zero-order chi connectivity index (χ0) is 38.1. The van der Waals surface area contributed by atoms with Crippen molar-refractivity contribution in [3.8, 4) is 44.5 Å². The average molecular weight is 735 g/mol. The number of aliphatic imine (C=N–C) groups is 1. The van der Waals surface area contributed by atoms with Crippen molar-refractivity contribution < 1.29 is 0 Å². The summed E-state index contributed by atoms with van der Waals surface area (Å²) in [5.41, 5.74) is 16.2. The van der Waals surface area contributed by atoms with E-state index in [0.29, 0.717) is 12.0 Å². The van der Waals surface area contributed by atoms with Gasteiger partial charge in [0.25, 0.3) is 0 Å². The number of nitrogens with zero attached hydrogens (tertiary/aromatic N) is 1. The topological polar surface area (TPSA) is 24.4 Å². The van der Waals surface area contributed by atoms with Gasteiger partial charge in [-0.05, 0) is 140 Å². The molecule has 0 spiro atoms. The Balaban J connectivity index is 1.19. The molecule has 0 fully saturated rings. The first-order valence-corrected chi connectivity index (χ1v) is 20.6. The Kier molecular flexibility index (Phi) is 9.32. The molecule has 2 atom stereocenters. The van der Waals surface area contributed by atoms with E-state index in [2.05, 4.69) is 188 Å². The molecular weight excluding hydrogens is 689 g/mol. The maximum Gasteiger partial charge on any atom is 0.0478 e. The van der Waals surface area contributed by atoms with Crippen molar-refractivity contribution in [2.45, 2.75) is 51.0 Å². The second-order valence-corrected chi connectivity index (χ2v) is 15.7. The van der Waals surface area contributed by atoms with Gasteiger partial charge >= 0.3 is 0 Å². The number of hydrogen-bond acceptors (Lipinski definition) is 2. The van der Waals surface area contributed by atoms with E-state index in [4.69, 9.17) is 4.99 Å². The summed E-state index contributed by atoms with van der Waals surface area (Å²) in [4.78, 5) is 4.73. The third-order valence-corrected chi connectivity index (χ3v) is 12.0. The molecule has 6 aromatic rings. The molecule has 1 N–H and O–H groups in total. The number of rotatable bonds is 7. The lowest BCUT2D eigenvalue weighted by Crippen LogP contribution is -2.31. The van der Waals surface area contributed by atoms with E-state index in [9.17, 15) is 0 Å². The highest BCUT2D eigenvalue weighted by molar-refractivity contribution is 6.08. The summed E-state index contributed by atoms with van der Waals surface area (Å²) in [6, 6.07) is 44.0. The number of nitrogens with one attached hydrogen (secondary N) is 1. The molecule has 0 aromatic heterocycles. The van der Waals surface area contributed by atoms with Crippen molar-refractivity contribution in [1.82, 2.24) is 5.32 Å². The van der Waals surface area contributed by atoms with Crippen LogP contribution in [0.1, 0.15) is 61.6 Å². The fraction of sp³-hybridized carbons (Fsp3) is 0.145. The van der Waals surface area contributed by atoms with Gasteiger partial charge in [0.2, 0.25) is 0 Å². The summed E-state index contributed by atoms with van der Waals surface area (Å²) in [7, 11) is 0. The van der Waals surface area contributed by atoms with Crippen LogP contribution in [0.5, 0.6) is 0 Å². The fourth-order valence-corrected chi connectivity index (χ4v) is 9.07. The molecule has 2 heteroatoms. The van der Waals surface area contributed by atoms with E-state index in [0.717, 1.165) is 32.1 Å². The second kappa shape index (κ2) is 15.2. The normalized spacial score (nSPS) is 18.3. The summed E-state index contributed by atoms with van der Waals surface area (Å²) in [6.45, 7) is 2.19. The van der Waals surface area contributed by atoms with Gasteiger partial charge in [0, 0.05) is 29.6 Å². The van der Waals surface area contributed by atoms with Gasteiger partial charge in [0.15, 0.2) is 0 Å². The summed E-state index contributed by atoms with van der Waals surface area (Å²) in [5, 5.41) is 8.87. The highest BCUT2D eigenvalue weighted by atomic mass is 14.9. The summed E-state index contributed by atoms with van der Waals surface area (Å²) >= 11 is 0. The Morgan fingerprint density at radius 3 is 1.91 bits per heavy atom. The zero-order valence-corrected chi connectivity index (χ0v) is 32.5. The lowest BCUT2D eigenvalue weighted by Gasteiger charge is -2.21. The number of allylic oxidation sites excluding steroid dienone is 7. The van der Waals surface area contributed by atoms with E-state index < -0.39 is 0 Å². The number of dihydropyridines is 1.